The topological polar surface area (TPSA) is 28.5 Å². The van der Waals surface area contributed by atoms with Crippen molar-refractivity contribution in [1.82, 2.24) is 5.32 Å². The number of piperidine rings is 2. The molecule has 2 fully saturated rings. The normalized spacial score (nSPS) is 26.5. The highest BCUT2D eigenvalue weighted by Gasteiger charge is 2.41. The first-order chi connectivity index (χ1) is 13.7. The molecule has 0 aromatic heterocycles. The molecule has 2 saturated heterocycles. The van der Waals surface area contributed by atoms with Gasteiger partial charge in [0.15, 0.2) is 5.11 Å². The Morgan fingerprint density at radius 1 is 0.964 bits per heavy atom. The lowest BCUT2D eigenvalue weighted by molar-refractivity contribution is -0.973. The van der Waals surface area contributed by atoms with E-state index in [1.165, 1.54) is 43.2 Å². The largest absolute Gasteiger partial charge is 0.359 e. The number of aryl methyl sites for hydroxylation is 1. The van der Waals surface area contributed by atoms with Gasteiger partial charge in [0, 0.05) is 30.1 Å². The van der Waals surface area contributed by atoms with Gasteiger partial charge >= 0.3 is 0 Å². The van der Waals surface area contributed by atoms with Crippen molar-refractivity contribution in [3.63, 3.8) is 0 Å². The molecule has 148 valence electrons. The quantitative estimate of drug-likeness (QED) is 0.675. The summed E-state index contributed by atoms with van der Waals surface area (Å²) >= 11 is 5.62. The fourth-order valence-electron chi connectivity index (χ4n) is 5.05. The smallest absolute Gasteiger partial charge is 0.171 e. The zero-order valence-electron chi connectivity index (χ0n) is 16.8. The molecule has 3 N–H and O–H groups in total. The lowest BCUT2D eigenvalue weighted by Gasteiger charge is -2.46. The van der Waals surface area contributed by atoms with Crippen LogP contribution in [-0.2, 0) is 13.0 Å². The Morgan fingerprint density at radius 2 is 1.64 bits per heavy atom. The Morgan fingerprint density at radius 3 is 2.29 bits per heavy atom. The lowest BCUT2D eigenvalue weighted by Crippen LogP contribution is -3.20. The van der Waals surface area contributed by atoms with E-state index in [0.717, 1.165) is 35.8 Å². The fraction of sp³-hybridized carbons (Fsp3) is 0.458. The van der Waals surface area contributed by atoms with Crippen molar-refractivity contribution >= 4 is 23.0 Å². The molecule has 2 aliphatic rings. The summed E-state index contributed by atoms with van der Waals surface area (Å²) in [5, 5.41) is 7.75. The zero-order chi connectivity index (χ0) is 19.3. The van der Waals surface area contributed by atoms with Gasteiger partial charge < -0.3 is 15.5 Å². The third-order valence-electron chi connectivity index (χ3n) is 6.50. The van der Waals surface area contributed by atoms with Crippen LogP contribution in [0.2, 0.25) is 0 Å². The van der Waals surface area contributed by atoms with E-state index in [-0.39, 0.29) is 0 Å². The van der Waals surface area contributed by atoms with E-state index in [1.807, 2.05) is 0 Å². The molecule has 0 aliphatic carbocycles. The van der Waals surface area contributed by atoms with E-state index in [4.69, 9.17) is 12.2 Å². The Hall–Kier alpha value is -1.91. The fourth-order valence-corrected chi connectivity index (χ4v) is 5.34. The number of hydrogen-bond donors (Lipinski definition) is 3. The number of nitrogens with one attached hydrogen (secondary N) is 3. The van der Waals surface area contributed by atoms with Crippen LogP contribution in [0.15, 0.2) is 54.6 Å². The second-order valence-corrected chi connectivity index (χ2v) is 8.79. The monoisotopic (exact) mass is 394 g/mol. The zero-order valence-corrected chi connectivity index (χ0v) is 17.6. The molecule has 2 aromatic carbocycles. The number of hydrogen-bond acceptors (Lipinski definition) is 1. The van der Waals surface area contributed by atoms with Crippen LogP contribution in [0.5, 0.6) is 0 Å². The van der Waals surface area contributed by atoms with Gasteiger partial charge in [0.05, 0.1) is 12.1 Å². The average molecular weight is 395 g/mol. The number of thiocarbonyl (C=S) groups is 1. The molecule has 0 unspecified atom stereocenters. The molecule has 0 saturated carbocycles. The second-order valence-electron chi connectivity index (χ2n) is 8.38. The van der Waals surface area contributed by atoms with Crippen LogP contribution in [0.25, 0.3) is 0 Å². The summed E-state index contributed by atoms with van der Waals surface area (Å²) in [6.07, 6.45) is 7.57. The van der Waals surface area contributed by atoms with Crippen LogP contribution in [0.4, 0.5) is 5.69 Å². The molecule has 0 radical (unpaired) electrons. The molecule has 2 aromatic rings. The van der Waals surface area contributed by atoms with E-state index >= 15 is 0 Å². The number of quaternary nitrogens is 1. The van der Waals surface area contributed by atoms with Gasteiger partial charge in [-0.05, 0) is 55.6 Å². The van der Waals surface area contributed by atoms with Crippen molar-refractivity contribution in [3.8, 4) is 0 Å². The Labute approximate surface area is 174 Å². The third-order valence-corrected chi connectivity index (χ3v) is 6.72. The van der Waals surface area contributed by atoms with E-state index in [0.29, 0.717) is 6.04 Å². The van der Waals surface area contributed by atoms with Gasteiger partial charge in [-0.25, -0.2) is 0 Å². The van der Waals surface area contributed by atoms with Crippen LogP contribution in [-0.4, -0.2) is 23.2 Å². The first-order valence-electron chi connectivity index (χ1n) is 10.8. The Bertz CT molecular complexity index is 760. The summed E-state index contributed by atoms with van der Waals surface area (Å²) in [5.74, 6) is 0. The first kappa shape index (κ1) is 19.4. The molecule has 2 atom stereocenters. The Kier molecular flexibility index (Phi) is 6.28. The van der Waals surface area contributed by atoms with Gasteiger partial charge in [-0.1, -0.05) is 49.4 Å². The summed E-state index contributed by atoms with van der Waals surface area (Å²) in [7, 11) is 0. The third kappa shape index (κ3) is 4.73. The highest BCUT2D eigenvalue weighted by atomic mass is 32.1. The van der Waals surface area contributed by atoms with Crippen LogP contribution in [0.3, 0.4) is 0 Å². The van der Waals surface area contributed by atoms with Gasteiger partial charge in [0.2, 0.25) is 0 Å². The van der Waals surface area contributed by atoms with Gasteiger partial charge in [-0.3, -0.25) is 0 Å². The van der Waals surface area contributed by atoms with Crippen LogP contribution >= 0.6 is 12.2 Å². The summed E-state index contributed by atoms with van der Waals surface area (Å²) in [6, 6.07) is 21.5. The number of benzene rings is 2. The predicted octanol–water partition coefficient (Wildman–Crippen LogP) is 3.70. The van der Waals surface area contributed by atoms with Crippen LogP contribution in [0, 0.1) is 0 Å². The molecule has 0 amide bonds. The number of fused-ring (bicyclic) bond motifs is 2. The molecule has 2 heterocycles. The van der Waals surface area contributed by atoms with Gasteiger partial charge in [-0.15, -0.1) is 0 Å². The molecule has 0 spiro atoms. The van der Waals surface area contributed by atoms with Crippen molar-refractivity contribution in [1.29, 1.82) is 0 Å². The first-order valence-corrected chi connectivity index (χ1v) is 11.2. The van der Waals surface area contributed by atoms with Crippen LogP contribution < -0.4 is 15.5 Å². The minimum atomic E-state index is 0.490. The van der Waals surface area contributed by atoms with Crippen molar-refractivity contribution in [2.24, 2.45) is 0 Å². The minimum absolute atomic E-state index is 0.490. The molecule has 3 nitrogen and oxygen atoms in total. The molecule has 4 heteroatoms. The standard InChI is InChI=1S/C24H31N3S/c1-2-18-11-13-20(14-12-18)25-24(28)26-21-15-22-9-6-10-23(16-21)27(22)17-19-7-4-3-5-8-19/h3-5,7-8,11-14,21-23H,2,6,9-10,15-17H2,1H3,(H2,25,26,28)/p+1/t22-,23-/m1/s1. The number of anilines is 1. The van der Waals surface area contributed by atoms with Gasteiger partial charge in [0.25, 0.3) is 0 Å². The summed E-state index contributed by atoms with van der Waals surface area (Å²) in [4.78, 5) is 1.80. The van der Waals surface area contributed by atoms with Gasteiger partial charge in [-0.2, -0.15) is 0 Å². The van der Waals surface area contributed by atoms with Crippen molar-refractivity contribution < 1.29 is 4.90 Å². The Balaban J connectivity index is 1.33. The van der Waals surface area contributed by atoms with Crippen LogP contribution in [0.1, 0.15) is 50.2 Å². The maximum atomic E-state index is 5.62. The second kappa shape index (κ2) is 9.06. The molecule has 2 bridgehead atoms. The molecular weight excluding hydrogens is 362 g/mol. The highest BCUT2D eigenvalue weighted by molar-refractivity contribution is 7.80. The highest BCUT2D eigenvalue weighted by Crippen LogP contribution is 2.23. The molecule has 4 rings (SSSR count). The average Bonchev–Trinajstić information content (AvgIpc) is 2.70. The van der Waals surface area contributed by atoms with E-state index in [1.54, 1.807) is 4.90 Å². The number of rotatable bonds is 5. The summed E-state index contributed by atoms with van der Waals surface area (Å²) in [6.45, 7) is 3.34. The predicted molar refractivity (Wildman–Crippen MR) is 121 cm³/mol. The van der Waals surface area contributed by atoms with E-state index < -0.39 is 0 Å². The SMILES string of the molecule is CCc1ccc(NC(=S)NC2C[C@H]3CCC[C@H](C2)[NH+]3Cc2ccccc2)cc1. The van der Waals surface area contributed by atoms with E-state index in [2.05, 4.69) is 72.2 Å². The molecule has 2 aliphatic heterocycles. The minimum Gasteiger partial charge on any atom is -0.359 e. The summed E-state index contributed by atoms with van der Waals surface area (Å²) in [5.41, 5.74) is 3.89. The van der Waals surface area contributed by atoms with Gasteiger partial charge in [0.1, 0.15) is 6.54 Å². The van der Waals surface area contributed by atoms with Crippen molar-refractivity contribution in [2.45, 2.75) is 70.1 Å². The van der Waals surface area contributed by atoms with E-state index in [9.17, 15) is 0 Å². The van der Waals surface area contributed by atoms with Crippen molar-refractivity contribution in [2.75, 3.05) is 5.32 Å². The maximum Gasteiger partial charge on any atom is 0.171 e. The summed E-state index contributed by atoms with van der Waals surface area (Å²) < 4.78 is 0. The molecule has 28 heavy (non-hydrogen) atoms. The maximum absolute atomic E-state index is 5.62. The van der Waals surface area contributed by atoms with Crippen molar-refractivity contribution in [3.05, 3.63) is 65.7 Å². The molecular formula is C24H32N3S+. The lowest BCUT2D eigenvalue weighted by atomic mass is 9.81.